The van der Waals surface area contributed by atoms with Gasteiger partial charge in [-0.25, -0.2) is 14.8 Å². The van der Waals surface area contributed by atoms with Crippen LogP contribution in [0.25, 0.3) is 0 Å². The van der Waals surface area contributed by atoms with Crippen LogP contribution in [0.2, 0.25) is 0 Å². The Morgan fingerprint density at radius 1 is 1.13 bits per heavy atom. The standard InChI is InChI=1S/C23H29N3O4/c1-2-29-22(27)19-14-24-23(25-15-19)26-12-13-28-16-21(26)30-20-10-8-18(9-11-20)17-6-4-3-5-7-17/h8-11,14-15,17,21H,2-7,12-13,16H2,1H3. The quantitative estimate of drug-likeness (QED) is 0.667. The average Bonchev–Trinajstić information content (AvgIpc) is 2.81. The fourth-order valence-corrected chi connectivity index (χ4v) is 4.11. The van der Waals surface area contributed by atoms with Crippen LogP contribution in [0.4, 0.5) is 5.95 Å². The summed E-state index contributed by atoms with van der Waals surface area (Å²) in [4.78, 5) is 22.5. The largest absolute Gasteiger partial charge is 0.468 e. The highest BCUT2D eigenvalue weighted by Crippen LogP contribution is 2.33. The molecule has 1 aliphatic carbocycles. The van der Waals surface area contributed by atoms with Crippen molar-refractivity contribution in [1.29, 1.82) is 0 Å². The predicted octanol–water partition coefficient (Wildman–Crippen LogP) is 3.94. The Hall–Kier alpha value is -2.67. The molecule has 2 aromatic rings. The highest BCUT2D eigenvalue weighted by Gasteiger charge is 2.27. The number of carbonyl (C=O) groups excluding carboxylic acids is 1. The van der Waals surface area contributed by atoms with E-state index in [1.807, 2.05) is 17.0 Å². The number of rotatable bonds is 6. The lowest BCUT2D eigenvalue weighted by atomic mass is 9.84. The third kappa shape index (κ3) is 4.90. The first-order valence-electron chi connectivity index (χ1n) is 10.8. The molecule has 1 atom stereocenters. The summed E-state index contributed by atoms with van der Waals surface area (Å²) in [6, 6.07) is 8.46. The zero-order chi connectivity index (χ0) is 20.8. The molecule has 7 heteroatoms. The van der Waals surface area contributed by atoms with Crippen molar-refractivity contribution in [2.75, 3.05) is 31.3 Å². The lowest BCUT2D eigenvalue weighted by Crippen LogP contribution is -2.49. The van der Waals surface area contributed by atoms with E-state index < -0.39 is 5.97 Å². The van der Waals surface area contributed by atoms with Gasteiger partial charge in [0.2, 0.25) is 5.95 Å². The van der Waals surface area contributed by atoms with Crippen molar-refractivity contribution in [3.05, 3.63) is 47.8 Å². The lowest BCUT2D eigenvalue weighted by molar-refractivity contribution is 0.0183. The van der Waals surface area contributed by atoms with Gasteiger partial charge in [0.25, 0.3) is 0 Å². The second kappa shape index (κ2) is 9.89. The van der Waals surface area contributed by atoms with Gasteiger partial charge in [0, 0.05) is 18.9 Å². The highest BCUT2D eigenvalue weighted by molar-refractivity contribution is 5.88. The first-order chi connectivity index (χ1) is 14.7. The molecule has 2 fully saturated rings. The van der Waals surface area contributed by atoms with Gasteiger partial charge in [-0.2, -0.15) is 0 Å². The number of benzene rings is 1. The SMILES string of the molecule is CCOC(=O)c1cnc(N2CCOCC2Oc2ccc(C3CCCCC3)cc2)nc1. The summed E-state index contributed by atoms with van der Waals surface area (Å²) < 4.78 is 16.8. The normalized spacial score (nSPS) is 20.0. The maximum atomic E-state index is 11.8. The summed E-state index contributed by atoms with van der Waals surface area (Å²) in [5, 5.41) is 0. The first kappa shape index (κ1) is 20.6. The van der Waals surface area contributed by atoms with Crippen LogP contribution in [0.1, 0.15) is 60.9 Å². The second-order valence-electron chi connectivity index (χ2n) is 7.74. The average molecular weight is 412 g/mol. The third-order valence-electron chi connectivity index (χ3n) is 5.72. The minimum Gasteiger partial charge on any atom is -0.468 e. The molecule has 1 aromatic heterocycles. The molecule has 0 amide bonds. The zero-order valence-corrected chi connectivity index (χ0v) is 17.5. The van der Waals surface area contributed by atoms with E-state index in [-0.39, 0.29) is 6.23 Å². The summed E-state index contributed by atoms with van der Waals surface area (Å²) in [7, 11) is 0. The smallest absolute Gasteiger partial charge is 0.341 e. The van der Waals surface area contributed by atoms with Gasteiger partial charge in [0.05, 0.1) is 18.8 Å². The number of esters is 1. The Morgan fingerprint density at radius 2 is 1.87 bits per heavy atom. The van der Waals surface area contributed by atoms with E-state index in [0.717, 1.165) is 5.75 Å². The van der Waals surface area contributed by atoms with Crippen molar-refractivity contribution in [1.82, 2.24) is 9.97 Å². The summed E-state index contributed by atoms with van der Waals surface area (Å²) in [6.07, 6.45) is 9.23. The minimum absolute atomic E-state index is 0.319. The van der Waals surface area contributed by atoms with Crippen molar-refractivity contribution in [2.45, 2.75) is 51.2 Å². The van der Waals surface area contributed by atoms with Crippen LogP contribution in [0, 0.1) is 0 Å². The first-order valence-corrected chi connectivity index (χ1v) is 10.8. The topological polar surface area (TPSA) is 73.8 Å². The Kier molecular flexibility index (Phi) is 6.79. The lowest BCUT2D eigenvalue weighted by Gasteiger charge is -2.35. The van der Waals surface area contributed by atoms with E-state index in [1.165, 1.54) is 50.1 Å². The number of ether oxygens (including phenoxy) is 3. The van der Waals surface area contributed by atoms with Crippen LogP contribution in [0.15, 0.2) is 36.7 Å². The Labute approximate surface area is 177 Å². The molecule has 7 nitrogen and oxygen atoms in total. The van der Waals surface area contributed by atoms with Gasteiger partial charge in [0.1, 0.15) is 12.4 Å². The maximum absolute atomic E-state index is 11.8. The fraction of sp³-hybridized carbons (Fsp3) is 0.522. The molecule has 2 aliphatic rings. The molecule has 0 bridgehead atoms. The Morgan fingerprint density at radius 3 is 2.57 bits per heavy atom. The number of nitrogens with zero attached hydrogens (tertiary/aromatic N) is 3. The van der Waals surface area contributed by atoms with Gasteiger partial charge in [-0.1, -0.05) is 31.4 Å². The number of hydrogen-bond donors (Lipinski definition) is 0. The van der Waals surface area contributed by atoms with E-state index in [1.54, 1.807) is 6.92 Å². The molecule has 0 N–H and O–H groups in total. The van der Waals surface area contributed by atoms with Crippen molar-refractivity contribution < 1.29 is 19.0 Å². The van der Waals surface area contributed by atoms with Gasteiger partial charge < -0.3 is 19.1 Å². The number of carbonyl (C=O) groups is 1. The van der Waals surface area contributed by atoms with Crippen molar-refractivity contribution >= 4 is 11.9 Å². The molecular weight excluding hydrogens is 382 g/mol. The van der Waals surface area contributed by atoms with Crippen molar-refractivity contribution in [3.8, 4) is 5.75 Å². The van der Waals surface area contributed by atoms with E-state index in [9.17, 15) is 4.79 Å². The van der Waals surface area contributed by atoms with Crippen LogP contribution in [0.3, 0.4) is 0 Å². The Balaban J connectivity index is 1.43. The number of anilines is 1. The molecule has 1 unspecified atom stereocenters. The van der Waals surface area contributed by atoms with Crippen molar-refractivity contribution in [3.63, 3.8) is 0 Å². The highest BCUT2D eigenvalue weighted by atomic mass is 16.6. The molecule has 1 saturated carbocycles. The molecule has 30 heavy (non-hydrogen) atoms. The fourth-order valence-electron chi connectivity index (χ4n) is 4.11. The minimum atomic E-state index is -0.420. The van der Waals surface area contributed by atoms with Crippen LogP contribution in [-0.2, 0) is 9.47 Å². The van der Waals surface area contributed by atoms with E-state index in [0.29, 0.717) is 43.8 Å². The van der Waals surface area contributed by atoms with Gasteiger partial charge in [-0.05, 0) is 43.4 Å². The summed E-state index contributed by atoms with van der Waals surface area (Å²) in [5.41, 5.74) is 1.74. The number of hydrogen-bond acceptors (Lipinski definition) is 7. The summed E-state index contributed by atoms with van der Waals surface area (Å²) in [6.45, 7) is 3.70. The van der Waals surface area contributed by atoms with Crippen LogP contribution < -0.4 is 9.64 Å². The molecule has 2 heterocycles. The number of aromatic nitrogens is 2. The zero-order valence-electron chi connectivity index (χ0n) is 17.5. The Bertz CT molecular complexity index is 819. The van der Waals surface area contributed by atoms with E-state index in [2.05, 4.69) is 22.1 Å². The van der Waals surface area contributed by atoms with Gasteiger partial charge >= 0.3 is 5.97 Å². The van der Waals surface area contributed by atoms with Crippen LogP contribution in [0.5, 0.6) is 5.75 Å². The van der Waals surface area contributed by atoms with Gasteiger partial charge in [-0.15, -0.1) is 0 Å². The maximum Gasteiger partial charge on any atom is 0.341 e. The third-order valence-corrected chi connectivity index (χ3v) is 5.72. The molecular formula is C23H29N3O4. The van der Waals surface area contributed by atoms with E-state index in [4.69, 9.17) is 14.2 Å². The molecule has 1 saturated heterocycles. The second-order valence-corrected chi connectivity index (χ2v) is 7.74. The predicted molar refractivity (Wildman–Crippen MR) is 113 cm³/mol. The van der Waals surface area contributed by atoms with Crippen LogP contribution in [-0.4, -0.2) is 48.5 Å². The number of morpholine rings is 1. The summed E-state index contributed by atoms with van der Waals surface area (Å²) in [5.74, 6) is 1.57. The molecule has 160 valence electrons. The molecule has 1 aliphatic heterocycles. The summed E-state index contributed by atoms with van der Waals surface area (Å²) >= 11 is 0. The van der Waals surface area contributed by atoms with Gasteiger partial charge in [-0.3, -0.25) is 0 Å². The monoisotopic (exact) mass is 411 g/mol. The molecule has 0 spiro atoms. The molecule has 4 rings (SSSR count). The van der Waals surface area contributed by atoms with Gasteiger partial charge in [0.15, 0.2) is 6.23 Å². The van der Waals surface area contributed by atoms with Crippen LogP contribution >= 0.6 is 0 Å². The van der Waals surface area contributed by atoms with Crippen molar-refractivity contribution in [2.24, 2.45) is 0 Å². The van der Waals surface area contributed by atoms with E-state index >= 15 is 0 Å². The molecule has 0 radical (unpaired) electrons. The molecule has 1 aromatic carbocycles.